The maximum atomic E-state index is 5.69. The zero-order valence-corrected chi connectivity index (χ0v) is 9.73. The second kappa shape index (κ2) is 4.94. The van der Waals surface area contributed by atoms with Crippen molar-refractivity contribution in [3.05, 3.63) is 12.2 Å². The van der Waals surface area contributed by atoms with Gasteiger partial charge in [0.15, 0.2) is 0 Å². The molecular formula is C12H23NO. The van der Waals surface area contributed by atoms with Gasteiger partial charge in [-0.2, -0.15) is 0 Å². The van der Waals surface area contributed by atoms with Gasteiger partial charge in [0.1, 0.15) is 0 Å². The predicted octanol–water partition coefficient (Wildman–Crippen LogP) is 2.50. The first-order valence-corrected chi connectivity index (χ1v) is 5.57. The molecule has 1 rings (SSSR count). The number of hydrogen-bond acceptors (Lipinski definition) is 2. The minimum Gasteiger partial charge on any atom is -0.377 e. The lowest BCUT2D eigenvalue weighted by atomic mass is 9.72. The van der Waals surface area contributed by atoms with Gasteiger partial charge in [-0.15, -0.1) is 6.58 Å². The molecule has 0 heterocycles. The quantitative estimate of drug-likeness (QED) is 0.661. The molecule has 82 valence electrons. The van der Waals surface area contributed by atoms with Crippen molar-refractivity contribution in [1.82, 2.24) is 5.32 Å². The van der Waals surface area contributed by atoms with Crippen LogP contribution in [-0.4, -0.2) is 25.3 Å². The molecule has 14 heavy (non-hydrogen) atoms. The highest BCUT2D eigenvalue weighted by atomic mass is 16.5. The molecule has 1 N–H and O–H groups in total. The first-order chi connectivity index (χ1) is 6.64. The summed E-state index contributed by atoms with van der Waals surface area (Å²) in [4.78, 5) is 0. The fourth-order valence-corrected chi connectivity index (χ4v) is 2.26. The van der Waals surface area contributed by atoms with Crippen LogP contribution in [0.25, 0.3) is 0 Å². The number of methoxy groups -OCH3 is 1. The Labute approximate surface area is 87.7 Å². The van der Waals surface area contributed by atoms with Gasteiger partial charge in [-0.3, -0.25) is 0 Å². The van der Waals surface area contributed by atoms with Crippen LogP contribution >= 0.6 is 0 Å². The minimum atomic E-state index is 0.0922. The largest absolute Gasteiger partial charge is 0.377 e. The normalized spacial score (nSPS) is 21.4. The summed E-state index contributed by atoms with van der Waals surface area (Å²) in [7, 11) is 1.84. The van der Waals surface area contributed by atoms with E-state index in [1.165, 1.54) is 24.8 Å². The molecule has 0 aromatic carbocycles. The molecule has 0 spiro atoms. The highest BCUT2D eigenvalue weighted by Gasteiger charge is 2.43. The molecule has 1 aliphatic rings. The molecule has 0 amide bonds. The SMILES string of the molecule is C=C(C)CC(NCC)C1(OC)CCC1. The number of likely N-dealkylation sites (N-methyl/N-ethyl adjacent to an activating group) is 1. The number of ether oxygens (including phenoxy) is 1. The minimum absolute atomic E-state index is 0.0922. The van der Waals surface area contributed by atoms with Crippen LogP contribution in [0, 0.1) is 0 Å². The van der Waals surface area contributed by atoms with Crippen molar-refractivity contribution in [3.63, 3.8) is 0 Å². The maximum absolute atomic E-state index is 5.69. The molecule has 2 heteroatoms. The van der Waals surface area contributed by atoms with Crippen molar-refractivity contribution < 1.29 is 4.74 Å². The zero-order chi connectivity index (χ0) is 10.6. The van der Waals surface area contributed by atoms with Crippen LogP contribution in [0.2, 0.25) is 0 Å². The van der Waals surface area contributed by atoms with Gasteiger partial charge in [0.05, 0.1) is 5.60 Å². The van der Waals surface area contributed by atoms with Crippen molar-refractivity contribution in [2.45, 2.75) is 51.2 Å². The summed E-state index contributed by atoms with van der Waals surface area (Å²) in [5, 5.41) is 3.52. The molecule has 1 aliphatic carbocycles. The second-order valence-electron chi connectivity index (χ2n) is 4.39. The number of nitrogens with one attached hydrogen (secondary N) is 1. The third-order valence-corrected chi connectivity index (χ3v) is 3.24. The zero-order valence-electron chi connectivity index (χ0n) is 9.73. The van der Waals surface area contributed by atoms with Crippen LogP contribution in [-0.2, 0) is 4.74 Å². The lowest BCUT2D eigenvalue weighted by molar-refractivity contribution is -0.0977. The van der Waals surface area contributed by atoms with Crippen LogP contribution in [0.4, 0.5) is 0 Å². The third-order valence-electron chi connectivity index (χ3n) is 3.24. The predicted molar refractivity (Wildman–Crippen MR) is 60.5 cm³/mol. The van der Waals surface area contributed by atoms with Gasteiger partial charge in [0.25, 0.3) is 0 Å². The Hall–Kier alpha value is -0.340. The molecule has 0 bridgehead atoms. The van der Waals surface area contributed by atoms with E-state index in [1.807, 2.05) is 7.11 Å². The van der Waals surface area contributed by atoms with Crippen molar-refractivity contribution >= 4 is 0 Å². The van der Waals surface area contributed by atoms with E-state index < -0.39 is 0 Å². The average Bonchev–Trinajstić information content (AvgIpc) is 2.02. The Morgan fingerprint density at radius 2 is 2.21 bits per heavy atom. The third kappa shape index (κ3) is 2.37. The smallest absolute Gasteiger partial charge is 0.0834 e. The molecule has 1 fully saturated rings. The van der Waals surface area contributed by atoms with E-state index in [0.29, 0.717) is 6.04 Å². The molecule has 0 aromatic rings. The summed E-state index contributed by atoms with van der Waals surface area (Å²) in [5.74, 6) is 0. The van der Waals surface area contributed by atoms with E-state index >= 15 is 0 Å². The summed E-state index contributed by atoms with van der Waals surface area (Å²) in [6, 6.07) is 0.448. The Balaban J connectivity index is 2.59. The van der Waals surface area contributed by atoms with E-state index in [4.69, 9.17) is 4.74 Å². The standard InChI is InChI=1S/C12H23NO/c1-5-13-11(9-10(2)3)12(14-4)7-6-8-12/h11,13H,2,5-9H2,1,3-4H3. The Morgan fingerprint density at radius 3 is 2.50 bits per heavy atom. The van der Waals surface area contributed by atoms with Gasteiger partial charge in [-0.25, -0.2) is 0 Å². The fourth-order valence-electron chi connectivity index (χ4n) is 2.26. The van der Waals surface area contributed by atoms with E-state index in [-0.39, 0.29) is 5.60 Å². The molecule has 1 saturated carbocycles. The van der Waals surface area contributed by atoms with Gasteiger partial charge in [-0.05, 0) is 39.2 Å². The first-order valence-electron chi connectivity index (χ1n) is 5.57. The highest BCUT2D eigenvalue weighted by Crippen LogP contribution is 2.39. The van der Waals surface area contributed by atoms with Gasteiger partial charge < -0.3 is 10.1 Å². The molecule has 0 aromatic heterocycles. The average molecular weight is 197 g/mol. The number of rotatable bonds is 6. The topological polar surface area (TPSA) is 21.3 Å². The summed E-state index contributed by atoms with van der Waals surface area (Å²) < 4.78 is 5.69. The van der Waals surface area contributed by atoms with Gasteiger partial charge in [0, 0.05) is 13.2 Å². The van der Waals surface area contributed by atoms with E-state index in [1.54, 1.807) is 0 Å². The summed E-state index contributed by atoms with van der Waals surface area (Å²) in [5.41, 5.74) is 1.33. The van der Waals surface area contributed by atoms with Gasteiger partial charge in [0.2, 0.25) is 0 Å². The summed E-state index contributed by atoms with van der Waals surface area (Å²) in [6.45, 7) is 9.23. The molecule has 0 radical (unpaired) electrons. The van der Waals surface area contributed by atoms with Crippen LogP contribution in [0.5, 0.6) is 0 Å². The lowest BCUT2D eigenvalue weighted by Gasteiger charge is -2.47. The molecule has 0 saturated heterocycles. The van der Waals surface area contributed by atoms with Crippen molar-refractivity contribution in [2.24, 2.45) is 0 Å². The number of hydrogen-bond donors (Lipinski definition) is 1. The highest BCUT2D eigenvalue weighted by molar-refractivity contribution is 5.05. The maximum Gasteiger partial charge on any atom is 0.0834 e. The van der Waals surface area contributed by atoms with Gasteiger partial charge >= 0.3 is 0 Å². The molecule has 1 atom stereocenters. The van der Waals surface area contributed by atoms with E-state index in [2.05, 4.69) is 25.7 Å². The molecular weight excluding hydrogens is 174 g/mol. The van der Waals surface area contributed by atoms with Crippen molar-refractivity contribution in [3.8, 4) is 0 Å². The monoisotopic (exact) mass is 197 g/mol. The lowest BCUT2D eigenvalue weighted by Crippen LogP contribution is -2.56. The summed E-state index contributed by atoms with van der Waals surface area (Å²) >= 11 is 0. The van der Waals surface area contributed by atoms with Crippen LogP contribution in [0.1, 0.15) is 39.5 Å². The van der Waals surface area contributed by atoms with Crippen molar-refractivity contribution in [1.29, 1.82) is 0 Å². The molecule has 1 unspecified atom stereocenters. The van der Waals surface area contributed by atoms with E-state index in [9.17, 15) is 0 Å². The van der Waals surface area contributed by atoms with Crippen molar-refractivity contribution in [2.75, 3.05) is 13.7 Å². The van der Waals surface area contributed by atoms with Crippen LogP contribution < -0.4 is 5.32 Å². The van der Waals surface area contributed by atoms with Gasteiger partial charge in [-0.1, -0.05) is 12.5 Å². The summed E-state index contributed by atoms with van der Waals surface area (Å²) in [6.07, 6.45) is 4.70. The molecule has 0 aliphatic heterocycles. The fraction of sp³-hybridized carbons (Fsp3) is 0.833. The first kappa shape index (κ1) is 11.7. The van der Waals surface area contributed by atoms with Crippen LogP contribution in [0.15, 0.2) is 12.2 Å². The Morgan fingerprint density at radius 1 is 1.57 bits per heavy atom. The molecule has 2 nitrogen and oxygen atoms in total. The van der Waals surface area contributed by atoms with Crippen LogP contribution in [0.3, 0.4) is 0 Å². The van der Waals surface area contributed by atoms with E-state index in [0.717, 1.165) is 13.0 Å². The second-order valence-corrected chi connectivity index (χ2v) is 4.39. The Bertz CT molecular complexity index is 191. The Kier molecular flexibility index (Phi) is 4.14.